The van der Waals surface area contributed by atoms with Crippen molar-refractivity contribution in [3.05, 3.63) is 66.5 Å². The first-order chi connectivity index (χ1) is 13.3. The molecule has 0 bridgehead atoms. The Morgan fingerprint density at radius 2 is 1.81 bits per heavy atom. The topological polar surface area (TPSA) is 59.8 Å². The van der Waals surface area contributed by atoms with Crippen LogP contribution in [0.3, 0.4) is 0 Å². The number of nitrogens with zero attached hydrogens (tertiary/aromatic N) is 3. The standard InChI is InChI=1S/C21H22N4OS/c26-20(24-19-13-15-23-25(19)16-8-3-1-4-9-16)18-12-7-14-22-21(18)27-17-10-5-2-6-11-17/h2,5-7,10-16H,1,3-4,8-9H2,(H,24,26). The SMILES string of the molecule is O=C(Nc1ccnn1C1CCCCC1)c1cccnc1Sc1ccccc1. The summed E-state index contributed by atoms with van der Waals surface area (Å²) >= 11 is 1.49. The number of rotatable bonds is 5. The normalized spacial score (nSPS) is 14.8. The summed E-state index contributed by atoms with van der Waals surface area (Å²) in [5, 5.41) is 8.20. The zero-order chi connectivity index (χ0) is 18.5. The summed E-state index contributed by atoms with van der Waals surface area (Å²) in [6.45, 7) is 0. The Morgan fingerprint density at radius 3 is 2.63 bits per heavy atom. The van der Waals surface area contributed by atoms with Crippen LogP contribution in [0.4, 0.5) is 5.82 Å². The number of pyridine rings is 1. The van der Waals surface area contributed by atoms with E-state index in [1.54, 1.807) is 18.5 Å². The zero-order valence-corrected chi connectivity index (χ0v) is 15.9. The number of anilines is 1. The van der Waals surface area contributed by atoms with Gasteiger partial charge in [-0.25, -0.2) is 9.67 Å². The Hall–Kier alpha value is -2.60. The van der Waals surface area contributed by atoms with Crippen molar-refractivity contribution in [1.29, 1.82) is 0 Å². The molecule has 4 rings (SSSR count). The van der Waals surface area contributed by atoms with Crippen molar-refractivity contribution in [3.63, 3.8) is 0 Å². The van der Waals surface area contributed by atoms with Crippen molar-refractivity contribution in [2.45, 2.75) is 48.1 Å². The molecule has 6 heteroatoms. The molecule has 2 aromatic heterocycles. The molecule has 0 atom stereocenters. The molecule has 1 aliphatic carbocycles. The van der Waals surface area contributed by atoms with Crippen LogP contribution < -0.4 is 5.32 Å². The molecule has 3 aromatic rings. The van der Waals surface area contributed by atoms with Gasteiger partial charge in [-0.1, -0.05) is 49.2 Å². The number of hydrogen-bond acceptors (Lipinski definition) is 4. The summed E-state index contributed by atoms with van der Waals surface area (Å²) in [5.74, 6) is 0.602. The van der Waals surface area contributed by atoms with Crippen LogP contribution >= 0.6 is 11.8 Å². The molecule has 5 nitrogen and oxygen atoms in total. The minimum absolute atomic E-state index is 0.154. The van der Waals surface area contributed by atoms with Gasteiger partial charge in [0.05, 0.1) is 17.8 Å². The Morgan fingerprint density at radius 1 is 1.00 bits per heavy atom. The number of carbonyl (C=O) groups excluding carboxylic acids is 1. The lowest BCUT2D eigenvalue weighted by Crippen LogP contribution is -2.20. The summed E-state index contributed by atoms with van der Waals surface area (Å²) in [4.78, 5) is 18.4. The molecule has 27 heavy (non-hydrogen) atoms. The number of aromatic nitrogens is 3. The summed E-state index contributed by atoms with van der Waals surface area (Å²) in [6, 6.07) is 15.8. The third-order valence-electron chi connectivity index (χ3n) is 4.81. The second kappa shape index (κ2) is 8.39. The highest BCUT2D eigenvalue weighted by molar-refractivity contribution is 7.99. The maximum Gasteiger partial charge on any atom is 0.259 e. The lowest BCUT2D eigenvalue weighted by atomic mass is 9.96. The van der Waals surface area contributed by atoms with E-state index in [1.807, 2.05) is 47.1 Å². The predicted molar refractivity (Wildman–Crippen MR) is 107 cm³/mol. The van der Waals surface area contributed by atoms with E-state index in [0.29, 0.717) is 16.6 Å². The van der Waals surface area contributed by atoms with Crippen LogP contribution in [0.1, 0.15) is 48.5 Å². The van der Waals surface area contributed by atoms with Gasteiger partial charge in [-0.2, -0.15) is 5.10 Å². The second-order valence-corrected chi connectivity index (χ2v) is 7.74. The van der Waals surface area contributed by atoms with Gasteiger partial charge in [0.15, 0.2) is 0 Å². The largest absolute Gasteiger partial charge is 0.307 e. The number of carbonyl (C=O) groups is 1. The monoisotopic (exact) mass is 378 g/mol. The summed E-state index contributed by atoms with van der Waals surface area (Å²) in [6.07, 6.45) is 9.44. The quantitative estimate of drug-likeness (QED) is 0.664. The Kier molecular flexibility index (Phi) is 5.53. The molecule has 1 amide bonds. The molecule has 0 aliphatic heterocycles. The van der Waals surface area contributed by atoms with Gasteiger partial charge in [0.25, 0.3) is 5.91 Å². The van der Waals surface area contributed by atoms with Gasteiger partial charge < -0.3 is 5.32 Å². The van der Waals surface area contributed by atoms with E-state index < -0.39 is 0 Å². The first-order valence-corrected chi connectivity index (χ1v) is 10.2. The van der Waals surface area contributed by atoms with Crippen molar-refractivity contribution < 1.29 is 4.79 Å². The molecule has 1 fully saturated rings. The molecule has 138 valence electrons. The molecule has 0 radical (unpaired) electrons. The molecule has 1 N–H and O–H groups in total. The van der Waals surface area contributed by atoms with Crippen LogP contribution in [0.2, 0.25) is 0 Å². The smallest absolute Gasteiger partial charge is 0.259 e. The minimum Gasteiger partial charge on any atom is -0.307 e. The van der Waals surface area contributed by atoms with E-state index >= 15 is 0 Å². The molecule has 2 heterocycles. The zero-order valence-electron chi connectivity index (χ0n) is 15.0. The highest BCUT2D eigenvalue weighted by Gasteiger charge is 2.20. The Bertz CT molecular complexity index is 903. The van der Waals surface area contributed by atoms with Crippen LogP contribution in [0.25, 0.3) is 0 Å². The maximum absolute atomic E-state index is 13.0. The van der Waals surface area contributed by atoms with Crippen LogP contribution in [0.5, 0.6) is 0 Å². The van der Waals surface area contributed by atoms with E-state index in [0.717, 1.165) is 23.6 Å². The van der Waals surface area contributed by atoms with E-state index in [-0.39, 0.29) is 5.91 Å². The van der Waals surface area contributed by atoms with Crippen molar-refractivity contribution in [2.24, 2.45) is 0 Å². The van der Waals surface area contributed by atoms with Gasteiger partial charge in [0.2, 0.25) is 0 Å². The van der Waals surface area contributed by atoms with Crippen molar-refractivity contribution >= 4 is 23.5 Å². The van der Waals surface area contributed by atoms with Gasteiger partial charge >= 0.3 is 0 Å². The average molecular weight is 379 g/mol. The predicted octanol–water partition coefficient (Wildman–Crippen LogP) is 5.19. The van der Waals surface area contributed by atoms with E-state index in [2.05, 4.69) is 15.4 Å². The number of amides is 1. The van der Waals surface area contributed by atoms with Crippen LogP contribution in [0, 0.1) is 0 Å². The van der Waals surface area contributed by atoms with Gasteiger partial charge in [0, 0.05) is 17.2 Å². The fourth-order valence-electron chi connectivity index (χ4n) is 3.46. The van der Waals surface area contributed by atoms with Crippen LogP contribution in [-0.4, -0.2) is 20.7 Å². The van der Waals surface area contributed by atoms with Crippen LogP contribution in [0.15, 0.2) is 70.8 Å². The van der Waals surface area contributed by atoms with Crippen LogP contribution in [-0.2, 0) is 0 Å². The summed E-state index contributed by atoms with van der Waals surface area (Å²) < 4.78 is 1.97. The lowest BCUT2D eigenvalue weighted by molar-refractivity contribution is 0.102. The molecule has 0 unspecified atom stereocenters. The molecular weight excluding hydrogens is 356 g/mol. The third-order valence-corrected chi connectivity index (χ3v) is 5.83. The number of benzene rings is 1. The fraction of sp³-hybridized carbons (Fsp3) is 0.286. The molecule has 0 spiro atoms. The van der Waals surface area contributed by atoms with Crippen molar-refractivity contribution in [1.82, 2.24) is 14.8 Å². The third kappa shape index (κ3) is 4.22. The maximum atomic E-state index is 13.0. The Balaban J connectivity index is 1.53. The number of nitrogens with one attached hydrogen (secondary N) is 1. The van der Waals surface area contributed by atoms with E-state index in [9.17, 15) is 4.79 Å². The highest BCUT2D eigenvalue weighted by Crippen LogP contribution is 2.31. The van der Waals surface area contributed by atoms with Gasteiger partial charge in [-0.05, 0) is 37.1 Å². The number of hydrogen-bond donors (Lipinski definition) is 1. The summed E-state index contributed by atoms with van der Waals surface area (Å²) in [5.41, 5.74) is 0.572. The summed E-state index contributed by atoms with van der Waals surface area (Å²) in [7, 11) is 0. The molecule has 1 saturated carbocycles. The fourth-order valence-corrected chi connectivity index (χ4v) is 4.36. The van der Waals surface area contributed by atoms with E-state index in [4.69, 9.17) is 0 Å². The average Bonchev–Trinajstić information content (AvgIpc) is 3.18. The minimum atomic E-state index is -0.154. The van der Waals surface area contributed by atoms with E-state index in [1.165, 1.54) is 31.0 Å². The van der Waals surface area contributed by atoms with Crippen molar-refractivity contribution in [3.8, 4) is 0 Å². The second-order valence-electron chi connectivity index (χ2n) is 6.68. The van der Waals surface area contributed by atoms with Crippen molar-refractivity contribution in [2.75, 3.05) is 5.32 Å². The highest BCUT2D eigenvalue weighted by atomic mass is 32.2. The van der Waals surface area contributed by atoms with Gasteiger partial charge in [-0.3, -0.25) is 4.79 Å². The van der Waals surface area contributed by atoms with Gasteiger partial charge in [-0.15, -0.1) is 0 Å². The molecule has 0 saturated heterocycles. The first kappa shape index (κ1) is 17.8. The molecular formula is C21H22N4OS. The Labute approximate surface area is 163 Å². The molecule has 1 aromatic carbocycles. The lowest BCUT2D eigenvalue weighted by Gasteiger charge is -2.24. The van der Waals surface area contributed by atoms with Gasteiger partial charge in [0.1, 0.15) is 10.8 Å². The first-order valence-electron chi connectivity index (χ1n) is 9.34. The molecule has 1 aliphatic rings.